The van der Waals surface area contributed by atoms with Crippen molar-refractivity contribution < 1.29 is 13.2 Å². The standard InChI is InChI=1S/C10H12ClNO3S/c1-2-6-12-10(13)8-4-3-5-9(7-8)16(11,14)15/h3-5,7H,2,6H2,1H3,(H,12,13). The average Bonchev–Trinajstić information content (AvgIpc) is 2.25. The Morgan fingerprint density at radius 3 is 2.69 bits per heavy atom. The Morgan fingerprint density at radius 2 is 2.12 bits per heavy atom. The number of rotatable bonds is 4. The molecule has 1 aromatic rings. The zero-order valence-electron chi connectivity index (χ0n) is 8.73. The summed E-state index contributed by atoms with van der Waals surface area (Å²) in [6, 6.07) is 5.62. The Morgan fingerprint density at radius 1 is 1.44 bits per heavy atom. The second-order valence-electron chi connectivity index (χ2n) is 3.22. The molecule has 4 nitrogen and oxygen atoms in total. The van der Waals surface area contributed by atoms with Crippen molar-refractivity contribution in [1.29, 1.82) is 0 Å². The lowest BCUT2D eigenvalue weighted by Crippen LogP contribution is -2.24. The minimum Gasteiger partial charge on any atom is -0.352 e. The molecule has 0 aliphatic heterocycles. The molecule has 0 aliphatic carbocycles. The van der Waals surface area contributed by atoms with Crippen LogP contribution in [0.2, 0.25) is 0 Å². The first-order chi connectivity index (χ1) is 7.45. The van der Waals surface area contributed by atoms with Crippen molar-refractivity contribution >= 4 is 25.6 Å². The summed E-state index contributed by atoms with van der Waals surface area (Å²) in [5.41, 5.74) is 0.287. The fourth-order valence-electron chi connectivity index (χ4n) is 1.13. The summed E-state index contributed by atoms with van der Waals surface area (Å²) in [4.78, 5) is 11.5. The first kappa shape index (κ1) is 13.0. The van der Waals surface area contributed by atoms with Crippen molar-refractivity contribution in [1.82, 2.24) is 5.32 Å². The van der Waals surface area contributed by atoms with Gasteiger partial charge in [0.1, 0.15) is 0 Å². The molecule has 1 amide bonds. The average molecular weight is 262 g/mol. The molecule has 0 aliphatic rings. The monoisotopic (exact) mass is 261 g/mol. The lowest BCUT2D eigenvalue weighted by Gasteiger charge is -2.04. The number of carbonyl (C=O) groups excluding carboxylic acids is 1. The molecule has 16 heavy (non-hydrogen) atoms. The zero-order valence-corrected chi connectivity index (χ0v) is 10.3. The minimum atomic E-state index is -3.79. The number of amides is 1. The Kier molecular flexibility index (Phi) is 4.32. The number of carbonyl (C=O) groups is 1. The molecule has 0 unspecified atom stereocenters. The SMILES string of the molecule is CCCNC(=O)c1cccc(S(=O)(=O)Cl)c1. The Balaban J connectivity index is 2.95. The van der Waals surface area contributed by atoms with Gasteiger partial charge in [-0.05, 0) is 24.6 Å². The highest BCUT2D eigenvalue weighted by Gasteiger charge is 2.12. The second kappa shape index (κ2) is 5.32. The van der Waals surface area contributed by atoms with E-state index >= 15 is 0 Å². The topological polar surface area (TPSA) is 63.2 Å². The van der Waals surface area contributed by atoms with Crippen LogP contribution in [-0.2, 0) is 9.05 Å². The van der Waals surface area contributed by atoms with Crippen LogP contribution in [0.5, 0.6) is 0 Å². The fourth-order valence-corrected chi connectivity index (χ4v) is 1.93. The van der Waals surface area contributed by atoms with Gasteiger partial charge in [0.25, 0.3) is 15.0 Å². The summed E-state index contributed by atoms with van der Waals surface area (Å²) < 4.78 is 22.1. The van der Waals surface area contributed by atoms with Crippen LogP contribution < -0.4 is 5.32 Å². The number of benzene rings is 1. The summed E-state index contributed by atoms with van der Waals surface area (Å²) in [6.07, 6.45) is 0.819. The summed E-state index contributed by atoms with van der Waals surface area (Å²) >= 11 is 0. The van der Waals surface area contributed by atoms with Gasteiger partial charge in [0, 0.05) is 22.8 Å². The largest absolute Gasteiger partial charge is 0.352 e. The number of halogens is 1. The molecule has 0 atom stereocenters. The molecular weight excluding hydrogens is 250 g/mol. The van der Waals surface area contributed by atoms with Gasteiger partial charge in [0.15, 0.2) is 0 Å². The molecule has 0 radical (unpaired) electrons. The summed E-state index contributed by atoms with van der Waals surface area (Å²) in [6.45, 7) is 2.48. The molecule has 0 saturated heterocycles. The molecule has 1 rings (SSSR count). The minimum absolute atomic E-state index is 0.0710. The van der Waals surface area contributed by atoms with Gasteiger partial charge < -0.3 is 5.32 Å². The highest BCUT2D eigenvalue weighted by Crippen LogP contribution is 2.15. The molecule has 0 aromatic heterocycles. The maximum Gasteiger partial charge on any atom is 0.261 e. The van der Waals surface area contributed by atoms with E-state index in [1.807, 2.05) is 6.92 Å². The van der Waals surface area contributed by atoms with Gasteiger partial charge in [-0.1, -0.05) is 13.0 Å². The first-order valence-electron chi connectivity index (χ1n) is 4.78. The van der Waals surface area contributed by atoms with Gasteiger partial charge in [-0.25, -0.2) is 8.42 Å². The van der Waals surface area contributed by atoms with Crippen molar-refractivity contribution in [3.8, 4) is 0 Å². The highest BCUT2D eigenvalue weighted by atomic mass is 35.7. The van der Waals surface area contributed by atoms with Crippen LogP contribution in [0.25, 0.3) is 0 Å². The van der Waals surface area contributed by atoms with Crippen molar-refractivity contribution in [2.75, 3.05) is 6.54 Å². The van der Waals surface area contributed by atoms with E-state index in [2.05, 4.69) is 5.32 Å². The van der Waals surface area contributed by atoms with E-state index in [9.17, 15) is 13.2 Å². The van der Waals surface area contributed by atoms with Gasteiger partial charge in [0.05, 0.1) is 4.90 Å². The molecule has 0 spiro atoms. The van der Waals surface area contributed by atoms with Gasteiger partial charge in [0.2, 0.25) is 0 Å². The van der Waals surface area contributed by atoms with E-state index in [-0.39, 0.29) is 16.4 Å². The zero-order chi connectivity index (χ0) is 12.2. The lowest BCUT2D eigenvalue weighted by molar-refractivity contribution is 0.0953. The number of nitrogens with one attached hydrogen (secondary N) is 1. The molecule has 6 heteroatoms. The Bertz CT molecular complexity index is 485. The Labute approximate surface area is 99.0 Å². The molecule has 0 bridgehead atoms. The molecule has 0 heterocycles. The van der Waals surface area contributed by atoms with Crippen LogP contribution in [-0.4, -0.2) is 20.9 Å². The van der Waals surface area contributed by atoms with Crippen LogP contribution >= 0.6 is 10.7 Å². The Hall–Kier alpha value is -1.07. The van der Waals surface area contributed by atoms with E-state index in [4.69, 9.17) is 10.7 Å². The van der Waals surface area contributed by atoms with E-state index in [1.165, 1.54) is 24.3 Å². The lowest BCUT2D eigenvalue weighted by atomic mass is 10.2. The van der Waals surface area contributed by atoms with Crippen molar-refractivity contribution in [2.45, 2.75) is 18.2 Å². The van der Waals surface area contributed by atoms with Gasteiger partial charge in [-0.2, -0.15) is 0 Å². The maximum atomic E-state index is 11.5. The predicted octanol–water partition coefficient (Wildman–Crippen LogP) is 1.75. The molecule has 0 fully saturated rings. The van der Waals surface area contributed by atoms with Crippen molar-refractivity contribution in [3.05, 3.63) is 29.8 Å². The molecule has 1 aromatic carbocycles. The number of hydrogen-bond acceptors (Lipinski definition) is 3. The van der Waals surface area contributed by atoms with Crippen molar-refractivity contribution in [3.63, 3.8) is 0 Å². The van der Waals surface area contributed by atoms with E-state index < -0.39 is 9.05 Å². The van der Waals surface area contributed by atoms with Crippen molar-refractivity contribution in [2.24, 2.45) is 0 Å². The van der Waals surface area contributed by atoms with Gasteiger partial charge >= 0.3 is 0 Å². The van der Waals surface area contributed by atoms with E-state index in [1.54, 1.807) is 0 Å². The highest BCUT2D eigenvalue weighted by molar-refractivity contribution is 8.13. The smallest absolute Gasteiger partial charge is 0.261 e. The van der Waals surface area contributed by atoms with Crippen LogP contribution in [0.3, 0.4) is 0 Å². The first-order valence-corrected chi connectivity index (χ1v) is 7.09. The van der Waals surface area contributed by atoms with E-state index in [0.717, 1.165) is 6.42 Å². The maximum absolute atomic E-state index is 11.5. The third-order valence-corrected chi connectivity index (χ3v) is 3.26. The summed E-state index contributed by atoms with van der Waals surface area (Å²) in [7, 11) is 1.39. The van der Waals surface area contributed by atoms with Crippen LogP contribution in [0.1, 0.15) is 23.7 Å². The van der Waals surface area contributed by atoms with Crippen LogP contribution in [0.15, 0.2) is 29.2 Å². The van der Waals surface area contributed by atoms with Gasteiger partial charge in [-0.15, -0.1) is 0 Å². The second-order valence-corrected chi connectivity index (χ2v) is 5.79. The molecule has 1 N–H and O–H groups in total. The molecular formula is C10H12ClNO3S. The third-order valence-electron chi connectivity index (χ3n) is 1.91. The molecule has 0 saturated carbocycles. The van der Waals surface area contributed by atoms with E-state index in [0.29, 0.717) is 6.54 Å². The summed E-state index contributed by atoms with van der Waals surface area (Å²) in [5, 5.41) is 2.65. The van der Waals surface area contributed by atoms with Gasteiger partial charge in [-0.3, -0.25) is 4.79 Å². The normalized spacial score (nSPS) is 11.1. The molecule has 88 valence electrons. The van der Waals surface area contributed by atoms with Crippen LogP contribution in [0, 0.1) is 0 Å². The number of hydrogen-bond donors (Lipinski definition) is 1. The third kappa shape index (κ3) is 3.50. The van der Waals surface area contributed by atoms with Crippen LogP contribution in [0.4, 0.5) is 0 Å². The summed E-state index contributed by atoms with van der Waals surface area (Å²) in [5.74, 6) is -0.302. The predicted molar refractivity (Wildman–Crippen MR) is 62.1 cm³/mol. The quantitative estimate of drug-likeness (QED) is 0.840. The fraction of sp³-hybridized carbons (Fsp3) is 0.300.